The number of hydrogen-bond donors (Lipinski definition) is 2. The molecule has 2 N–H and O–H groups in total. The zero-order valence-electron chi connectivity index (χ0n) is 15.3. The highest BCUT2D eigenvalue weighted by Crippen LogP contribution is 2.34. The summed E-state index contributed by atoms with van der Waals surface area (Å²) >= 11 is 0. The first-order valence-corrected chi connectivity index (χ1v) is 9.63. The largest absolute Gasteiger partial charge is 0.376 e. The van der Waals surface area contributed by atoms with Crippen molar-refractivity contribution in [2.45, 2.75) is 56.3 Å². The third-order valence-corrected chi connectivity index (χ3v) is 5.52. The maximum absolute atomic E-state index is 14.1. The molecule has 1 aliphatic heterocycles. The first kappa shape index (κ1) is 18.3. The average Bonchev–Trinajstić information content (AvgIpc) is 3.22. The molecule has 1 saturated carbocycles. The van der Waals surface area contributed by atoms with E-state index in [1.54, 1.807) is 6.20 Å². The molecule has 2 fully saturated rings. The average molecular weight is 377 g/mol. The molecule has 3 heterocycles. The van der Waals surface area contributed by atoms with E-state index in [1.807, 2.05) is 6.07 Å². The van der Waals surface area contributed by atoms with Gasteiger partial charge in [0.2, 0.25) is 0 Å². The van der Waals surface area contributed by atoms with Crippen LogP contribution in [0, 0.1) is 0 Å². The molecular weight excluding hydrogens is 352 g/mol. The smallest absolute Gasteiger partial charge is 0.139 e. The van der Waals surface area contributed by atoms with E-state index in [4.69, 9.17) is 4.74 Å². The van der Waals surface area contributed by atoms with Gasteiger partial charge in [-0.2, -0.15) is 0 Å². The molecule has 6 nitrogen and oxygen atoms in total. The summed E-state index contributed by atoms with van der Waals surface area (Å²) in [6.07, 6.45) is 7.25. The molecular formula is C19H25F2N5O. The van der Waals surface area contributed by atoms with Crippen LogP contribution >= 0.6 is 0 Å². The lowest BCUT2D eigenvalue weighted by atomic mass is 9.84. The minimum atomic E-state index is -1.66. The lowest BCUT2D eigenvalue weighted by Gasteiger charge is -2.32. The molecule has 8 heteroatoms. The fourth-order valence-corrected chi connectivity index (χ4v) is 3.80. The zero-order valence-corrected chi connectivity index (χ0v) is 15.3. The van der Waals surface area contributed by atoms with Gasteiger partial charge in [0.25, 0.3) is 0 Å². The maximum Gasteiger partial charge on any atom is 0.139 e. The summed E-state index contributed by atoms with van der Waals surface area (Å²) in [6.45, 7) is 0.643. The second-order valence-electron chi connectivity index (χ2n) is 7.53. The summed E-state index contributed by atoms with van der Waals surface area (Å²) in [5.74, 6) is 1.46. The lowest BCUT2D eigenvalue weighted by molar-refractivity contribution is 0.0709. The molecule has 0 bridgehead atoms. The van der Waals surface area contributed by atoms with Gasteiger partial charge in [0.15, 0.2) is 0 Å². The van der Waals surface area contributed by atoms with Crippen molar-refractivity contribution in [2.24, 2.45) is 0 Å². The van der Waals surface area contributed by atoms with E-state index in [-0.39, 0.29) is 25.0 Å². The van der Waals surface area contributed by atoms with Crippen LogP contribution in [0.25, 0.3) is 10.9 Å². The van der Waals surface area contributed by atoms with Crippen molar-refractivity contribution in [3.05, 3.63) is 18.6 Å². The highest BCUT2D eigenvalue weighted by Gasteiger charge is 2.35. The Morgan fingerprint density at radius 2 is 2.04 bits per heavy atom. The van der Waals surface area contributed by atoms with Gasteiger partial charge >= 0.3 is 0 Å². The van der Waals surface area contributed by atoms with Gasteiger partial charge in [0, 0.05) is 24.6 Å². The number of nitrogens with one attached hydrogen (secondary N) is 2. The number of alkyl halides is 2. The molecule has 1 unspecified atom stereocenters. The van der Waals surface area contributed by atoms with Crippen LogP contribution in [0.5, 0.6) is 0 Å². The third kappa shape index (κ3) is 4.26. The molecule has 2 aromatic rings. The molecule has 0 amide bonds. The third-order valence-electron chi connectivity index (χ3n) is 5.52. The highest BCUT2D eigenvalue weighted by molar-refractivity contribution is 5.90. The number of pyridine rings is 1. The number of fused-ring (bicyclic) bond motifs is 1. The summed E-state index contributed by atoms with van der Waals surface area (Å²) in [7, 11) is 0. The van der Waals surface area contributed by atoms with E-state index in [0.717, 1.165) is 42.7 Å². The molecule has 0 spiro atoms. The minimum absolute atomic E-state index is 0.0787. The lowest BCUT2D eigenvalue weighted by Crippen LogP contribution is -2.36. The number of rotatable bonds is 6. The van der Waals surface area contributed by atoms with E-state index in [2.05, 4.69) is 25.6 Å². The van der Waals surface area contributed by atoms with Crippen molar-refractivity contribution in [3.8, 4) is 0 Å². The van der Waals surface area contributed by atoms with E-state index in [9.17, 15) is 8.78 Å². The van der Waals surface area contributed by atoms with Crippen LogP contribution in [0.3, 0.4) is 0 Å². The molecule has 1 aliphatic carbocycles. The van der Waals surface area contributed by atoms with Crippen LogP contribution in [-0.4, -0.2) is 52.6 Å². The van der Waals surface area contributed by atoms with Crippen LogP contribution in [0.4, 0.5) is 20.4 Å². The quantitative estimate of drug-likeness (QED) is 0.801. The van der Waals surface area contributed by atoms with Crippen LogP contribution in [0.1, 0.15) is 38.5 Å². The molecule has 1 saturated heterocycles. The second-order valence-corrected chi connectivity index (χ2v) is 7.53. The maximum atomic E-state index is 14.1. The molecule has 2 aromatic heterocycles. The Hall–Kier alpha value is -2.09. The van der Waals surface area contributed by atoms with Crippen LogP contribution < -0.4 is 10.6 Å². The monoisotopic (exact) mass is 377 g/mol. The number of ether oxygens (including phenoxy) is 1. The van der Waals surface area contributed by atoms with Gasteiger partial charge in [-0.25, -0.2) is 23.7 Å². The Morgan fingerprint density at radius 3 is 2.78 bits per heavy atom. The summed E-state index contributed by atoms with van der Waals surface area (Å²) in [5.41, 5.74) is -0.913. The van der Waals surface area contributed by atoms with Crippen molar-refractivity contribution >= 4 is 22.5 Å². The van der Waals surface area contributed by atoms with Gasteiger partial charge in [0.05, 0.1) is 17.8 Å². The molecule has 146 valence electrons. The number of anilines is 2. The molecule has 2 aliphatic rings. The van der Waals surface area contributed by atoms with E-state index in [0.29, 0.717) is 18.7 Å². The summed E-state index contributed by atoms with van der Waals surface area (Å²) in [4.78, 5) is 13.1. The topological polar surface area (TPSA) is 72.0 Å². The fourth-order valence-electron chi connectivity index (χ4n) is 3.80. The van der Waals surface area contributed by atoms with Gasteiger partial charge in [-0.15, -0.1) is 0 Å². The number of hydrogen-bond acceptors (Lipinski definition) is 6. The van der Waals surface area contributed by atoms with E-state index < -0.39 is 12.3 Å². The molecule has 0 aromatic carbocycles. The summed E-state index contributed by atoms with van der Waals surface area (Å²) < 4.78 is 32.5. The van der Waals surface area contributed by atoms with Crippen molar-refractivity contribution in [1.82, 2.24) is 15.0 Å². The predicted octanol–water partition coefficient (Wildman–Crippen LogP) is 3.65. The number of nitrogens with zero attached hydrogens (tertiary/aromatic N) is 3. The molecule has 27 heavy (non-hydrogen) atoms. The van der Waals surface area contributed by atoms with Crippen LogP contribution in [-0.2, 0) is 4.74 Å². The Kier molecular flexibility index (Phi) is 5.33. The summed E-state index contributed by atoms with van der Waals surface area (Å²) in [5, 5.41) is 7.57. The minimum Gasteiger partial charge on any atom is -0.376 e. The second kappa shape index (κ2) is 7.88. The fraction of sp³-hybridized carbons (Fsp3) is 0.632. The van der Waals surface area contributed by atoms with Gasteiger partial charge < -0.3 is 15.4 Å². The Labute approximate surface area is 157 Å². The standard InChI is InChI=1S/C19H25F2N5O/c20-11-19(21)5-3-13(4-6-19)26-18-15-8-17(22-9-14-2-1-7-27-14)23-10-16(15)24-12-25-18/h8,10,12-14H,1-7,9,11H2,(H,22,23)(H,24,25,26). The van der Waals surface area contributed by atoms with Crippen LogP contribution in [0.2, 0.25) is 0 Å². The van der Waals surface area contributed by atoms with E-state index in [1.165, 1.54) is 6.33 Å². The van der Waals surface area contributed by atoms with Crippen molar-refractivity contribution in [1.29, 1.82) is 0 Å². The molecule has 0 radical (unpaired) electrons. The number of halogens is 2. The summed E-state index contributed by atoms with van der Waals surface area (Å²) in [6, 6.07) is 2.01. The Bertz CT molecular complexity index is 776. The highest BCUT2D eigenvalue weighted by atomic mass is 19.2. The predicted molar refractivity (Wildman–Crippen MR) is 100 cm³/mol. The van der Waals surface area contributed by atoms with Crippen molar-refractivity contribution in [3.63, 3.8) is 0 Å². The van der Waals surface area contributed by atoms with Gasteiger partial charge in [-0.3, -0.25) is 0 Å². The zero-order chi connectivity index (χ0) is 18.7. The molecule has 1 atom stereocenters. The van der Waals surface area contributed by atoms with Gasteiger partial charge in [0.1, 0.15) is 30.3 Å². The number of aromatic nitrogens is 3. The Morgan fingerprint density at radius 1 is 1.19 bits per heavy atom. The molecule has 4 rings (SSSR count). The van der Waals surface area contributed by atoms with E-state index >= 15 is 0 Å². The first-order chi connectivity index (χ1) is 13.1. The first-order valence-electron chi connectivity index (χ1n) is 9.63. The van der Waals surface area contributed by atoms with Crippen molar-refractivity contribution < 1.29 is 13.5 Å². The Balaban J connectivity index is 1.46. The normalized spacial score (nSPS) is 28.4. The van der Waals surface area contributed by atoms with Gasteiger partial charge in [-0.1, -0.05) is 0 Å². The van der Waals surface area contributed by atoms with Crippen molar-refractivity contribution in [2.75, 3.05) is 30.5 Å². The SMILES string of the molecule is FCC1(F)CCC(Nc2ncnc3cnc(NCC4CCCO4)cc23)CC1. The van der Waals surface area contributed by atoms with Gasteiger partial charge in [-0.05, 0) is 44.6 Å². The van der Waals surface area contributed by atoms with Crippen LogP contribution in [0.15, 0.2) is 18.6 Å².